The minimum atomic E-state index is -0.0209. The van der Waals surface area contributed by atoms with Gasteiger partial charge in [0.05, 0.1) is 11.5 Å². The summed E-state index contributed by atoms with van der Waals surface area (Å²) in [7, 11) is 0. The van der Waals surface area contributed by atoms with Crippen molar-refractivity contribution in [2.45, 2.75) is 29.6 Å². The van der Waals surface area contributed by atoms with Gasteiger partial charge in [-0.25, -0.2) is 0 Å². The Kier molecular flexibility index (Phi) is 9.99. The number of hydrogen-bond acceptors (Lipinski definition) is 5. The Bertz CT molecular complexity index is 1040. The van der Waals surface area contributed by atoms with Crippen molar-refractivity contribution in [3.05, 3.63) is 88.2 Å². The third kappa shape index (κ3) is 7.59. The van der Waals surface area contributed by atoms with Crippen molar-refractivity contribution in [1.29, 1.82) is 0 Å². The van der Waals surface area contributed by atoms with Crippen molar-refractivity contribution < 1.29 is 4.79 Å². The van der Waals surface area contributed by atoms with E-state index in [1.807, 2.05) is 34.9 Å². The Labute approximate surface area is 207 Å². The van der Waals surface area contributed by atoms with Crippen molar-refractivity contribution in [2.75, 3.05) is 12.3 Å². The van der Waals surface area contributed by atoms with Gasteiger partial charge in [0.15, 0.2) is 5.16 Å². The van der Waals surface area contributed by atoms with E-state index in [9.17, 15) is 4.79 Å². The fraction of sp³-hybridized carbons (Fsp3) is 0.261. The molecule has 0 spiro atoms. The molecule has 0 unspecified atom stereocenters. The highest BCUT2D eigenvalue weighted by Crippen LogP contribution is 2.27. The third-order valence-corrected chi connectivity index (χ3v) is 7.05. The highest BCUT2D eigenvalue weighted by molar-refractivity contribution is 7.99. The molecule has 168 valence electrons. The molecule has 3 aromatic rings. The van der Waals surface area contributed by atoms with Gasteiger partial charge < -0.3 is 9.88 Å². The Balaban J connectivity index is 1.48. The highest BCUT2D eigenvalue weighted by Gasteiger charge is 2.14. The van der Waals surface area contributed by atoms with Gasteiger partial charge >= 0.3 is 0 Å². The third-order valence-electron chi connectivity index (χ3n) is 4.52. The van der Waals surface area contributed by atoms with E-state index in [1.165, 1.54) is 17.3 Å². The summed E-state index contributed by atoms with van der Waals surface area (Å²) in [5, 5.41) is 13.6. The van der Waals surface area contributed by atoms with Crippen LogP contribution < -0.4 is 5.32 Å². The number of allylic oxidation sites excluding steroid dienone is 1. The van der Waals surface area contributed by atoms with E-state index in [0.717, 1.165) is 23.6 Å². The number of amides is 1. The van der Waals surface area contributed by atoms with Gasteiger partial charge in [-0.3, -0.25) is 4.79 Å². The maximum absolute atomic E-state index is 12.2. The number of hydrogen-bond donors (Lipinski definition) is 1. The quantitative estimate of drug-likeness (QED) is 0.253. The van der Waals surface area contributed by atoms with Gasteiger partial charge in [-0.15, -0.1) is 28.5 Å². The average Bonchev–Trinajstić information content (AvgIpc) is 3.16. The van der Waals surface area contributed by atoms with Crippen LogP contribution in [-0.4, -0.2) is 33.0 Å². The van der Waals surface area contributed by atoms with Gasteiger partial charge in [0.2, 0.25) is 5.91 Å². The minimum Gasteiger partial charge on any atom is -0.355 e. The molecule has 32 heavy (non-hydrogen) atoms. The SMILES string of the molecule is C=CCn1c(CSCc2ccc(Cl)cc2Cl)nnc1SCC(=O)NCCc1ccccc1. The lowest BCUT2D eigenvalue weighted by atomic mass is 10.1. The van der Waals surface area contributed by atoms with Crippen molar-refractivity contribution in [3.8, 4) is 0 Å². The smallest absolute Gasteiger partial charge is 0.230 e. The predicted molar refractivity (Wildman–Crippen MR) is 136 cm³/mol. The van der Waals surface area contributed by atoms with Gasteiger partial charge in [-0.2, -0.15) is 0 Å². The second-order valence-electron chi connectivity index (χ2n) is 6.90. The first-order valence-electron chi connectivity index (χ1n) is 10.0. The molecule has 1 amide bonds. The molecule has 3 rings (SSSR count). The van der Waals surface area contributed by atoms with Crippen LogP contribution >= 0.6 is 46.7 Å². The van der Waals surface area contributed by atoms with Crippen LogP contribution in [0.3, 0.4) is 0 Å². The van der Waals surface area contributed by atoms with E-state index in [2.05, 4.69) is 34.2 Å². The normalized spacial score (nSPS) is 10.8. The Morgan fingerprint density at radius 1 is 1.12 bits per heavy atom. The number of nitrogens with one attached hydrogen (secondary N) is 1. The van der Waals surface area contributed by atoms with Crippen molar-refractivity contribution in [1.82, 2.24) is 20.1 Å². The molecule has 0 aliphatic rings. The number of halogens is 2. The summed E-state index contributed by atoms with van der Waals surface area (Å²) in [5.41, 5.74) is 2.23. The van der Waals surface area contributed by atoms with Crippen LogP contribution in [-0.2, 0) is 29.3 Å². The van der Waals surface area contributed by atoms with Crippen LogP contribution in [0.4, 0.5) is 0 Å². The molecule has 1 N–H and O–H groups in total. The minimum absolute atomic E-state index is 0.0209. The summed E-state index contributed by atoms with van der Waals surface area (Å²) in [4.78, 5) is 12.2. The molecule has 0 bridgehead atoms. The van der Waals surface area contributed by atoms with E-state index < -0.39 is 0 Å². The average molecular weight is 508 g/mol. The second kappa shape index (κ2) is 12.9. The lowest BCUT2D eigenvalue weighted by Crippen LogP contribution is -2.27. The van der Waals surface area contributed by atoms with Gasteiger partial charge in [-0.1, -0.05) is 77.4 Å². The molecule has 0 saturated carbocycles. The fourth-order valence-electron chi connectivity index (χ4n) is 2.91. The van der Waals surface area contributed by atoms with Gasteiger partial charge in [-0.05, 0) is 29.7 Å². The van der Waals surface area contributed by atoms with Crippen molar-refractivity contribution in [2.24, 2.45) is 0 Å². The Morgan fingerprint density at radius 3 is 2.69 bits per heavy atom. The number of nitrogens with zero attached hydrogens (tertiary/aromatic N) is 3. The molecule has 0 atom stereocenters. The molecule has 1 aromatic heterocycles. The number of rotatable bonds is 12. The molecule has 0 saturated heterocycles. The van der Waals surface area contributed by atoms with E-state index in [0.29, 0.717) is 34.0 Å². The number of aromatic nitrogens is 3. The highest BCUT2D eigenvalue weighted by atomic mass is 35.5. The maximum Gasteiger partial charge on any atom is 0.230 e. The van der Waals surface area contributed by atoms with Crippen molar-refractivity contribution in [3.63, 3.8) is 0 Å². The first-order chi connectivity index (χ1) is 15.6. The second-order valence-corrected chi connectivity index (χ2v) is 9.67. The van der Waals surface area contributed by atoms with Crippen LogP contribution in [0.2, 0.25) is 10.0 Å². The van der Waals surface area contributed by atoms with Crippen LogP contribution in [0, 0.1) is 0 Å². The standard InChI is InChI=1S/C23H24Cl2N4OS2/c1-2-12-29-21(15-31-14-18-8-9-19(24)13-20(18)25)27-28-23(29)32-16-22(30)26-11-10-17-6-4-3-5-7-17/h2-9,13H,1,10-12,14-16H2,(H,26,30). The first kappa shape index (κ1) is 24.7. The monoisotopic (exact) mass is 506 g/mol. The molecular formula is C23H24Cl2N4OS2. The topological polar surface area (TPSA) is 59.8 Å². The largest absolute Gasteiger partial charge is 0.355 e. The van der Waals surface area contributed by atoms with Crippen LogP contribution in [0.25, 0.3) is 0 Å². The van der Waals surface area contributed by atoms with Gasteiger partial charge in [0, 0.05) is 28.9 Å². The van der Waals surface area contributed by atoms with E-state index in [-0.39, 0.29) is 11.7 Å². The first-order valence-corrected chi connectivity index (χ1v) is 12.9. The van der Waals surface area contributed by atoms with Crippen LogP contribution in [0.5, 0.6) is 0 Å². The molecule has 5 nitrogen and oxygen atoms in total. The van der Waals surface area contributed by atoms with Gasteiger partial charge in [0.25, 0.3) is 0 Å². The molecule has 0 radical (unpaired) electrons. The van der Waals surface area contributed by atoms with Crippen molar-refractivity contribution >= 4 is 52.6 Å². The molecular weight excluding hydrogens is 483 g/mol. The predicted octanol–water partition coefficient (Wildman–Crippen LogP) is 5.66. The van der Waals surface area contributed by atoms with Crippen LogP contribution in [0.15, 0.2) is 66.3 Å². The lowest BCUT2D eigenvalue weighted by Gasteiger charge is -2.09. The zero-order chi connectivity index (χ0) is 22.8. The fourth-order valence-corrected chi connectivity index (χ4v) is 5.23. The Hall–Kier alpha value is -1.93. The maximum atomic E-state index is 12.2. The zero-order valence-corrected chi connectivity index (χ0v) is 20.6. The summed E-state index contributed by atoms with van der Waals surface area (Å²) in [6.45, 7) is 5.02. The van der Waals surface area contributed by atoms with E-state index in [4.69, 9.17) is 23.2 Å². The summed E-state index contributed by atoms with van der Waals surface area (Å²) in [6, 6.07) is 15.6. The summed E-state index contributed by atoms with van der Waals surface area (Å²) < 4.78 is 1.99. The lowest BCUT2D eigenvalue weighted by molar-refractivity contribution is -0.118. The number of benzene rings is 2. The summed E-state index contributed by atoms with van der Waals surface area (Å²) in [6.07, 6.45) is 2.61. The molecule has 9 heteroatoms. The molecule has 0 aliphatic carbocycles. The number of carbonyl (C=O) groups excluding carboxylic acids is 1. The number of carbonyl (C=O) groups is 1. The number of thioether (sulfide) groups is 2. The summed E-state index contributed by atoms with van der Waals surface area (Å²) in [5.74, 6) is 2.52. The van der Waals surface area contributed by atoms with E-state index >= 15 is 0 Å². The zero-order valence-electron chi connectivity index (χ0n) is 17.5. The molecule has 1 heterocycles. The Morgan fingerprint density at radius 2 is 1.94 bits per heavy atom. The summed E-state index contributed by atoms with van der Waals surface area (Å²) >= 11 is 15.3. The molecule has 0 aliphatic heterocycles. The van der Waals surface area contributed by atoms with E-state index in [1.54, 1.807) is 23.9 Å². The van der Waals surface area contributed by atoms with Crippen LogP contribution in [0.1, 0.15) is 17.0 Å². The van der Waals surface area contributed by atoms with Gasteiger partial charge in [0.1, 0.15) is 5.82 Å². The molecule has 0 fully saturated rings. The molecule has 2 aromatic carbocycles.